The molecule has 2 atom stereocenters. The SMILES string of the molecule is CCCCC(CC)CC(O)c1ccc(Cl)cc1F. The Balaban J connectivity index is 2.65. The zero-order chi connectivity index (χ0) is 13.5. The largest absolute Gasteiger partial charge is 0.388 e. The first-order valence-electron chi connectivity index (χ1n) is 6.71. The van der Waals surface area contributed by atoms with Gasteiger partial charge in [-0.25, -0.2) is 4.39 Å². The lowest BCUT2D eigenvalue weighted by atomic mass is 9.90. The average Bonchev–Trinajstić information content (AvgIpc) is 2.34. The Kier molecular flexibility index (Phi) is 6.66. The van der Waals surface area contributed by atoms with Crippen LogP contribution in [0.25, 0.3) is 0 Å². The van der Waals surface area contributed by atoms with E-state index in [-0.39, 0.29) is 0 Å². The van der Waals surface area contributed by atoms with Crippen molar-refractivity contribution in [1.82, 2.24) is 0 Å². The van der Waals surface area contributed by atoms with Crippen molar-refractivity contribution in [2.24, 2.45) is 5.92 Å². The Morgan fingerprint density at radius 1 is 1.33 bits per heavy atom. The number of aliphatic hydroxyl groups is 1. The highest BCUT2D eigenvalue weighted by atomic mass is 35.5. The first-order valence-corrected chi connectivity index (χ1v) is 7.09. The van der Waals surface area contributed by atoms with E-state index >= 15 is 0 Å². The molecule has 0 aromatic heterocycles. The van der Waals surface area contributed by atoms with E-state index in [9.17, 15) is 9.50 Å². The highest BCUT2D eigenvalue weighted by Gasteiger charge is 2.17. The highest BCUT2D eigenvalue weighted by molar-refractivity contribution is 6.30. The van der Waals surface area contributed by atoms with Crippen molar-refractivity contribution >= 4 is 11.6 Å². The first kappa shape index (κ1) is 15.5. The molecule has 0 aliphatic carbocycles. The molecule has 0 spiro atoms. The number of benzene rings is 1. The molecule has 1 rings (SSSR count). The van der Waals surface area contributed by atoms with Crippen molar-refractivity contribution < 1.29 is 9.50 Å². The summed E-state index contributed by atoms with van der Waals surface area (Å²) < 4.78 is 13.7. The summed E-state index contributed by atoms with van der Waals surface area (Å²) >= 11 is 5.70. The summed E-state index contributed by atoms with van der Waals surface area (Å²) in [4.78, 5) is 0. The zero-order valence-electron chi connectivity index (χ0n) is 11.1. The van der Waals surface area contributed by atoms with Gasteiger partial charge in [-0.15, -0.1) is 0 Å². The molecule has 1 aromatic rings. The minimum Gasteiger partial charge on any atom is -0.388 e. The van der Waals surface area contributed by atoms with Crippen LogP contribution in [-0.4, -0.2) is 5.11 Å². The molecule has 0 radical (unpaired) electrons. The van der Waals surface area contributed by atoms with Crippen LogP contribution in [-0.2, 0) is 0 Å². The van der Waals surface area contributed by atoms with Gasteiger partial charge >= 0.3 is 0 Å². The molecule has 102 valence electrons. The van der Waals surface area contributed by atoms with Gasteiger partial charge in [0.2, 0.25) is 0 Å². The van der Waals surface area contributed by atoms with Gasteiger partial charge in [0.15, 0.2) is 0 Å². The molecule has 0 bridgehead atoms. The number of hydrogen-bond acceptors (Lipinski definition) is 1. The molecule has 1 N–H and O–H groups in total. The highest BCUT2D eigenvalue weighted by Crippen LogP contribution is 2.29. The van der Waals surface area contributed by atoms with E-state index in [0.717, 1.165) is 25.7 Å². The third-order valence-corrected chi connectivity index (χ3v) is 3.66. The minimum absolute atomic E-state index is 0.356. The molecule has 1 aromatic carbocycles. The second-order valence-electron chi connectivity index (χ2n) is 4.83. The van der Waals surface area contributed by atoms with Crippen molar-refractivity contribution in [3.05, 3.63) is 34.6 Å². The summed E-state index contributed by atoms with van der Waals surface area (Å²) in [5.74, 6) is 0.0374. The van der Waals surface area contributed by atoms with Gasteiger partial charge in [-0.2, -0.15) is 0 Å². The van der Waals surface area contributed by atoms with E-state index in [0.29, 0.717) is 22.9 Å². The second-order valence-corrected chi connectivity index (χ2v) is 5.27. The Morgan fingerprint density at radius 3 is 2.61 bits per heavy atom. The summed E-state index contributed by atoms with van der Waals surface area (Å²) in [6, 6.07) is 4.46. The molecule has 0 aliphatic rings. The third kappa shape index (κ3) is 4.58. The van der Waals surface area contributed by atoms with Crippen molar-refractivity contribution in [2.45, 2.75) is 52.1 Å². The Labute approximate surface area is 114 Å². The minimum atomic E-state index is -0.732. The van der Waals surface area contributed by atoms with E-state index in [2.05, 4.69) is 13.8 Å². The van der Waals surface area contributed by atoms with Crippen LogP contribution in [0.15, 0.2) is 18.2 Å². The lowest BCUT2D eigenvalue weighted by Gasteiger charge is -2.19. The Hall–Kier alpha value is -0.600. The summed E-state index contributed by atoms with van der Waals surface area (Å²) in [5.41, 5.74) is 0.356. The molecule has 0 aliphatic heterocycles. The predicted octanol–water partition coefficient (Wildman–Crippen LogP) is 5.12. The topological polar surface area (TPSA) is 20.2 Å². The van der Waals surface area contributed by atoms with Crippen LogP contribution in [0.5, 0.6) is 0 Å². The fraction of sp³-hybridized carbons (Fsp3) is 0.600. The number of hydrogen-bond donors (Lipinski definition) is 1. The summed E-state index contributed by atoms with van der Waals surface area (Å²) in [6.07, 6.45) is 4.32. The fourth-order valence-electron chi connectivity index (χ4n) is 2.20. The van der Waals surface area contributed by atoms with Gasteiger partial charge < -0.3 is 5.11 Å². The monoisotopic (exact) mass is 272 g/mol. The van der Waals surface area contributed by atoms with Crippen LogP contribution >= 0.6 is 11.6 Å². The summed E-state index contributed by atoms with van der Waals surface area (Å²) in [7, 11) is 0. The molecule has 2 unspecified atom stereocenters. The maximum Gasteiger partial charge on any atom is 0.130 e. The van der Waals surface area contributed by atoms with E-state index < -0.39 is 11.9 Å². The molecule has 3 heteroatoms. The molecule has 1 nitrogen and oxygen atoms in total. The van der Waals surface area contributed by atoms with Crippen LogP contribution in [0, 0.1) is 11.7 Å². The molecule has 0 heterocycles. The second kappa shape index (κ2) is 7.75. The van der Waals surface area contributed by atoms with Crippen molar-refractivity contribution in [1.29, 1.82) is 0 Å². The zero-order valence-corrected chi connectivity index (χ0v) is 11.9. The van der Waals surface area contributed by atoms with Gasteiger partial charge in [0.25, 0.3) is 0 Å². The molecule has 0 saturated carbocycles. The van der Waals surface area contributed by atoms with E-state index in [1.54, 1.807) is 12.1 Å². The Morgan fingerprint density at radius 2 is 2.06 bits per heavy atom. The first-order chi connectivity index (χ1) is 8.58. The van der Waals surface area contributed by atoms with Gasteiger partial charge in [-0.1, -0.05) is 57.2 Å². The van der Waals surface area contributed by atoms with E-state index in [4.69, 9.17) is 11.6 Å². The predicted molar refractivity (Wildman–Crippen MR) is 74.3 cm³/mol. The molecule has 0 amide bonds. The maximum atomic E-state index is 13.7. The van der Waals surface area contributed by atoms with E-state index in [1.807, 2.05) is 0 Å². The van der Waals surface area contributed by atoms with Crippen LogP contribution in [0.2, 0.25) is 5.02 Å². The molecule has 18 heavy (non-hydrogen) atoms. The number of aliphatic hydroxyl groups excluding tert-OH is 1. The van der Waals surface area contributed by atoms with Crippen molar-refractivity contribution in [3.8, 4) is 0 Å². The molecular weight excluding hydrogens is 251 g/mol. The van der Waals surface area contributed by atoms with E-state index in [1.165, 1.54) is 6.07 Å². The normalized spacial score (nSPS) is 14.5. The summed E-state index contributed by atoms with van der Waals surface area (Å²) in [6.45, 7) is 4.27. The molecular formula is C15H22ClFO. The smallest absolute Gasteiger partial charge is 0.130 e. The van der Waals surface area contributed by atoms with Crippen molar-refractivity contribution in [3.63, 3.8) is 0 Å². The maximum absolute atomic E-state index is 13.7. The van der Waals surface area contributed by atoms with Gasteiger partial charge in [0.05, 0.1) is 6.10 Å². The quantitative estimate of drug-likeness (QED) is 0.730. The molecule has 0 saturated heterocycles. The number of halogens is 2. The van der Waals surface area contributed by atoms with Crippen molar-refractivity contribution in [2.75, 3.05) is 0 Å². The lowest BCUT2D eigenvalue weighted by Crippen LogP contribution is -2.08. The van der Waals surface area contributed by atoms with Crippen LogP contribution < -0.4 is 0 Å². The Bertz CT molecular complexity index is 368. The van der Waals surface area contributed by atoms with Crippen LogP contribution in [0.3, 0.4) is 0 Å². The lowest BCUT2D eigenvalue weighted by molar-refractivity contribution is 0.135. The van der Waals surface area contributed by atoms with Gasteiger partial charge in [0, 0.05) is 10.6 Å². The fourth-order valence-corrected chi connectivity index (χ4v) is 2.35. The number of rotatable bonds is 7. The summed E-state index contributed by atoms with van der Waals surface area (Å²) in [5, 5.41) is 10.5. The molecule has 0 fully saturated rings. The van der Waals surface area contributed by atoms with Crippen LogP contribution in [0.4, 0.5) is 4.39 Å². The van der Waals surface area contributed by atoms with Gasteiger partial charge in [-0.3, -0.25) is 0 Å². The standard InChI is InChI=1S/C15H22ClFO/c1-3-5-6-11(4-2)9-15(18)13-8-7-12(16)10-14(13)17/h7-8,10-11,15,18H,3-6,9H2,1-2H3. The van der Waals surface area contributed by atoms with Gasteiger partial charge in [-0.05, 0) is 24.5 Å². The van der Waals surface area contributed by atoms with Gasteiger partial charge in [0.1, 0.15) is 5.82 Å². The number of unbranched alkanes of at least 4 members (excludes halogenated alkanes) is 1. The average molecular weight is 273 g/mol. The third-order valence-electron chi connectivity index (χ3n) is 3.42. The van der Waals surface area contributed by atoms with Crippen LogP contribution in [0.1, 0.15) is 57.6 Å².